The van der Waals surface area contributed by atoms with Gasteiger partial charge in [-0.05, 0) is 37.1 Å². The molecule has 5 N–H and O–H groups in total. The lowest BCUT2D eigenvalue weighted by Crippen LogP contribution is -2.43. The molecule has 1 unspecified atom stereocenters. The number of nitrogens with one attached hydrogen (secondary N) is 2. The van der Waals surface area contributed by atoms with Crippen molar-refractivity contribution < 1.29 is 14.6 Å². The Kier molecular flexibility index (Phi) is 7.44. The molecule has 1 aromatic carbocycles. The van der Waals surface area contributed by atoms with Crippen molar-refractivity contribution in [1.82, 2.24) is 24.4 Å². The maximum absolute atomic E-state index is 12.9. The van der Waals surface area contributed by atoms with Crippen molar-refractivity contribution in [2.24, 2.45) is 5.73 Å². The highest BCUT2D eigenvalue weighted by Crippen LogP contribution is 2.22. The van der Waals surface area contributed by atoms with Gasteiger partial charge in [0.25, 0.3) is 5.56 Å². The Morgan fingerprint density at radius 1 is 1.19 bits per heavy atom. The molecular weight excluding hydrogens is 416 g/mol. The van der Waals surface area contributed by atoms with E-state index in [0.29, 0.717) is 48.8 Å². The third-order valence-electron chi connectivity index (χ3n) is 4.84. The van der Waals surface area contributed by atoms with Crippen molar-refractivity contribution >= 4 is 17.1 Å². The minimum absolute atomic E-state index is 0.277. The minimum atomic E-state index is -1.23. The number of carbonyl (C=O) groups is 1. The van der Waals surface area contributed by atoms with Crippen LogP contribution in [-0.2, 0) is 17.9 Å². The number of hydrogen-bond donors (Lipinski definition) is 4. The van der Waals surface area contributed by atoms with Crippen molar-refractivity contribution in [3.05, 3.63) is 45.1 Å². The van der Waals surface area contributed by atoms with Crippen LogP contribution in [-0.4, -0.2) is 49.5 Å². The van der Waals surface area contributed by atoms with E-state index in [1.54, 1.807) is 24.3 Å². The van der Waals surface area contributed by atoms with E-state index in [2.05, 4.69) is 15.3 Å². The molecule has 2 aromatic heterocycles. The Hall–Kier alpha value is -3.44. The summed E-state index contributed by atoms with van der Waals surface area (Å²) in [5, 5.41) is 11.9. The van der Waals surface area contributed by atoms with E-state index in [1.165, 1.54) is 9.13 Å². The van der Waals surface area contributed by atoms with Gasteiger partial charge < -0.3 is 20.6 Å². The first-order valence-corrected chi connectivity index (χ1v) is 10.6. The van der Waals surface area contributed by atoms with Crippen LogP contribution in [0.25, 0.3) is 22.6 Å². The summed E-state index contributed by atoms with van der Waals surface area (Å²) >= 11 is 0. The van der Waals surface area contributed by atoms with Gasteiger partial charge in [0, 0.05) is 31.7 Å². The molecule has 0 fully saturated rings. The second kappa shape index (κ2) is 10.2. The lowest BCUT2D eigenvalue weighted by molar-refractivity contribution is -0.146. The molecule has 0 amide bonds. The first-order chi connectivity index (χ1) is 15.4. The maximum atomic E-state index is 12.9. The SMILES string of the molecule is CCCn1c(=O)c2[nH]c(-c3ccc(OC(NCCN)C(=O)O)cc3)nc2n(CCC)c1=O. The molecule has 3 rings (SSSR count). The minimum Gasteiger partial charge on any atom is -0.477 e. The summed E-state index contributed by atoms with van der Waals surface area (Å²) in [6.07, 6.45) is 0.152. The Labute approximate surface area is 183 Å². The zero-order valence-corrected chi connectivity index (χ0v) is 18.1. The molecule has 0 radical (unpaired) electrons. The summed E-state index contributed by atoms with van der Waals surface area (Å²) in [5.74, 6) is -0.384. The molecule has 0 bridgehead atoms. The molecule has 0 aliphatic heterocycles. The van der Waals surface area contributed by atoms with Crippen LogP contribution < -0.4 is 27.0 Å². The van der Waals surface area contributed by atoms with Gasteiger partial charge >= 0.3 is 11.7 Å². The molecule has 11 heteroatoms. The standard InChI is InChI=1S/C21H28N6O5/c1-3-11-26-17-15(19(28)27(12-4-2)21(26)31)24-16(25-17)13-5-7-14(8-6-13)32-18(20(29)30)23-10-9-22/h5-8,18,23H,3-4,9-12,22H2,1-2H3,(H,24,25)(H,29,30). The Morgan fingerprint density at radius 2 is 1.84 bits per heavy atom. The number of carboxylic acid groups (broad SMARTS) is 1. The van der Waals surface area contributed by atoms with Crippen molar-refractivity contribution in [3.63, 3.8) is 0 Å². The van der Waals surface area contributed by atoms with Crippen LogP contribution in [0.2, 0.25) is 0 Å². The summed E-state index contributed by atoms with van der Waals surface area (Å²) in [4.78, 5) is 44.5. The van der Waals surface area contributed by atoms with Crippen LogP contribution in [0, 0.1) is 0 Å². The molecule has 3 aromatic rings. The zero-order chi connectivity index (χ0) is 23.3. The van der Waals surface area contributed by atoms with E-state index in [1.807, 2.05) is 13.8 Å². The van der Waals surface area contributed by atoms with Gasteiger partial charge in [0.2, 0.25) is 6.23 Å². The van der Waals surface area contributed by atoms with E-state index in [9.17, 15) is 19.5 Å². The summed E-state index contributed by atoms with van der Waals surface area (Å²) in [5.41, 5.74) is 5.89. The molecular formula is C21H28N6O5. The Morgan fingerprint density at radius 3 is 2.44 bits per heavy atom. The number of carboxylic acids is 1. The monoisotopic (exact) mass is 444 g/mol. The van der Waals surface area contributed by atoms with Crippen LogP contribution in [0.1, 0.15) is 26.7 Å². The quantitative estimate of drug-likeness (QED) is 0.315. The highest BCUT2D eigenvalue weighted by atomic mass is 16.5. The number of aromatic amines is 1. The van der Waals surface area contributed by atoms with Crippen LogP contribution in [0.5, 0.6) is 5.75 Å². The topological polar surface area (TPSA) is 157 Å². The molecule has 0 spiro atoms. The normalized spacial score (nSPS) is 12.2. The van der Waals surface area contributed by atoms with Crippen molar-refractivity contribution in [2.75, 3.05) is 13.1 Å². The predicted molar refractivity (Wildman–Crippen MR) is 120 cm³/mol. The average Bonchev–Trinajstić information content (AvgIpc) is 3.23. The van der Waals surface area contributed by atoms with Crippen molar-refractivity contribution in [1.29, 1.82) is 0 Å². The first-order valence-electron chi connectivity index (χ1n) is 10.6. The molecule has 172 valence electrons. The molecule has 32 heavy (non-hydrogen) atoms. The van der Waals surface area contributed by atoms with Gasteiger partial charge in [0.15, 0.2) is 5.65 Å². The summed E-state index contributed by atoms with van der Waals surface area (Å²) in [7, 11) is 0. The van der Waals surface area contributed by atoms with Crippen LogP contribution in [0.4, 0.5) is 0 Å². The molecule has 0 aliphatic rings. The molecule has 0 saturated carbocycles. The zero-order valence-electron chi connectivity index (χ0n) is 18.1. The summed E-state index contributed by atoms with van der Waals surface area (Å²) in [6.45, 7) is 5.21. The number of aryl methyl sites for hydroxylation is 1. The lowest BCUT2D eigenvalue weighted by Gasteiger charge is -2.16. The molecule has 11 nitrogen and oxygen atoms in total. The molecule has 2 heterocycles. The van der Waals surface area contributed by atoms with Gasteiger partial charge in [-0.3, -0.25) is 19.2 Å². The van der Waals surface area contributed by atoms with E-state index in [-0.39, 0.29) is 17.8 Å². The number of benzene rings is 1. The second-order valence-electron chi connectivity index (χ2n) is 7.28. The molecule has 0 saturated heterocycles. The average molecular weight is 444 g/mol. The number of aromatic nitrogens is 4. The number of nitrogens with two attached hydrogens (primary N) is 1. The van der Waals surface area contributed by atoms with Gasteiger partial charge in [-0.1, -0.05) is 13.8 Å². The maximum Gasteiger partial charge on any atom is 0.360 e. The fraction of sp³-hybridized carbons (Fsp3) is 0.429. The third-order valence-corrected chi connectivity index (χ3v) is 4.84. The van der Waals surface area contributed by atoms with E-state index in [0.717, 1.165) is 6.42 Å². The third kappa shape index (κ3) is 4.73. The Balaban J connectivity index is 1.97. The second-order valence-corrected chi connectivity index (χ2v) is 7.28. The first kappa shape index (κ1) is 23.2. The molecule has 0 aliphatic carbocycles. The summed E-state index contributed by atoms with van der Waals surface area (Å²) in [6, 6.07) is 6.61. The van der Waals surface area contributed by atoms with Gasteiger partial charge in [0.05, 0.1) is 0 Å². The van der Waals surface area contributed by atoms with E-state index >= 15 is 0 Å². The van der Waals surface area contributed by atoms with E-state index < -0.39 is 17.8 Å². The van der Waals surface area contributed by atoms with Gasteiger partial charge in [-0.25, -0.2) is 14.6 Å². The number of rotatable bonds is 11. The number of ether oxygens (including phenoxy) is 1. The van der Waals surface area contributed by atoms with Crippen molar-refractivity contribution in [2.45, 2.75) is 46.0 Å². The predicted octanol–water partition coefficient (Wildman–Crippen LogP) is 0.711. The van der Waals surface area contributed by atoms with Gasteiger partial charge in [0.1, 0.15) is 17.1 Å². The number of fused-ring (bicyclic) bond motifs is 1. The van der Waals surface area contributed by atoms with Gasteiger partial charge in [-0.2, -0.15) is 0 Å². The number of aliphatic carboxylic acids is 1. The Bertz CT molecular complexity index is 1190. The van der Waals surface area contributed by atoms with Crippen molar-refractivity contribution in [3.8, 4) is 17.1 Å². The number of H-pyrrole nitrogens is 1. The summed E-state index contributed by atoms with van der Waals surface area (Å²) < 4.78 is 8.21. The highest BCUT2D eigenvalue weighted by Gasteiger charge is 2.19. The lowest BCUT2D eigenvalue weighted by atomic mass is 10.2. The fourth-order valence-corrected chi connectivity index (χ4v) is 3.37. The van der Waals surface area contributed by atoms with E-state index in [4.69, 9.17) is 10.5 Å². The smallest absolute Gasteiger partial charge is 0.360 e. The van der Waals surface area contributed by atoms with Crippen LogP contribution in [0.3, 0.4) is 0 Å². The number of nitrogens with zero attached hydrogens (tertiary/aromatic N) is 3. The van der Waals surface area contributed by atoms with Gasteiger partial charge in [-0.15, -0.1) is 0 Å². The fourth-order valence-electron chi connectivity index (χ4n) is 3.37. The highest BCUT2D eigenvalue weighted by molar-refractivity contribution is 5.76. The largest absolute Gasteiger partial charge is 0.477 e. The number of imidazole rings is 1. The molecule has 1 atom stereocenters. The van der Waals surface area contributed by atoms with Crippen LogP contribution >= 0.6 is 0 Å². The number of hydrogen-bond acceptors (Lipinski definition) is 7. The van der Waals surface area contributed by atoms with Crippen LogP contribution in [0.15, 0.2) is 33.9 Å².